The van der Waals surface area contributed by atoms with E-state index in [0.29, 0.717) is 5.69 Å². The van der Waals surface area contributed by atoms with Gasteiger partial charge in [-0.25, -0.2) is 13.4 Å². The van der Waals surface area contributed by atoms with Crippen LogP contribution in [0.1, 0.15) is 5.56 Å². The first-order valence-electron chi connectivity index (χ1n) is 9.00. The van der Waals surface area contributed by atoms with Crippen LogP contribution in [0.2, 0.25) is 0 Å². The van der Waals surface area contributed by atoms with E-state index < -0.39 is 9.84 Å². The SMILES string of the molecule is Cn1c(S(=O)(=O)Cc2ccccc2)nc(-c2ccccc2)c1-c1ccccc1. The molecule has 1 aromatic heterocycles. The number of hydrogen-bond acceptors (Lipinski definition) is 3. The van der Waals surface area contributed by atoms with Crippen LogP contribution in [-0.4, -0.2) is 18.0 Å². The van der Waals surface area contributed by atoms with E-state index in [1.54, 1.807) is 11.6 Å². The number of rotatable bonds is 5. The highest BCUT2D eigenvalue weighted by Crippen LogP contribution is 2.34. The zero-order chi connectivity index (χ0) is 19.6. The summed E-state index contributed by atoms with van der Waals surface area (Å²) >= 11 is 0. The van der Waals surface area contributed by atoms with E-state index in [0.717, 1.165) is 22.4 Å². The molecule has 0 aliphatic heterocycles. The van der Waals surface area contributed by atoms with Crippen LogP contribution in [0.5, 0.6) is 0 Å². The lowest BCUT2D eigenvalue weighted by molar-refractivity contribution is 0.579. The van der Waals surface area contributed by atoms with Gasteiger partial charge in [-0.15, -0.1) is 0 Å². The van der Waals surface area contributed by atoms with E-state index in [4.69, 9.17) is 0 Å². The molecule has 0 aliphatic rings. The van der Waals surface area contributed by atoms with Gasteiger partial charge in [0.1, 0.15) is 0 Å². The minimum atomic E-state index is -3.61. The fourth-order valence-corrected chi connectivity index (χ4v) is 4.84. The van der Waals surface area contributed by atoms with Gasteiger partial charge in [0.25, 0.3) is 0 Å². The van der Waals surface area contributed by atoms with Gasteiger partial charge >= 0.3 is 0 Å². The molecule has 4 aromatic rings. The van der Waals surface area contributed by atoms with Crippen molar-refractivity contribution in [1.82, 2.24) is 9.55 Å². The predicted octanol–water partition coefficient (Wildman–Crippen LogP) is 4.73. The number of nitrogens with zero attached hydrogens (tertiary/aromatic N) is 2. The van der Waals surface area contributed by atoms with Crippen LogP contribution >= 0.6 is 0 Å². The molecule has 5 heteroatoms. The maximum absolute atomic E-state index is 13.2. The molecule has 0 saturated heterocycles. The number of aromatic nitrogens is 2. The molecule has 0 N–H and O–H groups in total. The molecule has 0 amide bonds. The minimum Gasteiger partial charge on any atom is -0.317 e. The van der Waals surface area contributed by atoms with Gasteiger partial charge in [-0.3, -0.25) is 0 Å². The Morgan fingerprint density at radius 3 is 1.82 bits per heavy atom. The number of imidazole rings is 1. The average Bonchev–Trinajstić information content (AvgIpc) is 3.08. The molecule has 140 valence electrons. The van der Waals surface area contributed by atoms with Gasteiger partial charge in [-0.1, -0.05) is 91.0 Å². The largest absolute Gasteiger partial charge is 0.317 e. The molecule has 0 unspecified atom stereocenters. The third kappa shape index (κ3) is 3.49. The molecule has 0 spiro atoms. The summed E-state index contributed by atoms with van der Waals surface area (Å²) in [5.41, 5.74) is 4.02. The van der Waals surface area contributed by atoms with Gasteiger partial charge in [0.2, 0.25) is 15.0 Å². The lowest BCUT2D eigenvalue weighted by Gasteiger charge is -2.08. The summed E-state index contributed by atoms with van der Waals surface area (Å²) in [6.45, 7) is 0. The molecule has 4 rings (SSSR count). The molecular formula is C23H20N2O2S. The standard InChI is InChI=1S/C23H20N2O2S/c1-25-22(20-15-9-4-10-16-20)21(19-13-7-3-8-14-19)24-23(25)28(26,27)17-18-11-5-2-6-12-18/h2-16H,17H2,1H3. The number of sulfone groups is 1. The van der Waals surface area contributed by atoms with Crippen molar-refractivity contribution in [2.75, 3.05) is 0 Å². The maximum atomic E-state index is 13.2. The third-order valence-corrected chi connectivity index (χ3v) is 6.26. The smallest absolute Gasteiger partial charge is 0.228 e. The van der Waals surface area contributed by atoms with E-state index in [1.807, 2.05) is 91.0 Å². The zero-order valence-electron chi connectivity index (χ0n) is 15.5. The summed E-state index contributed by atoms with van der Waals surface area (Å²) in [6.07, 6.45) is 0. The summed E-state index contributed by atoms with van der Waals surface area (Å²) in [4.78, 5) is 4.60. The molecule has 0 radical (unpaired) electrons. The fourth-order valence-electron chi connectivity index (χ4n) is 3.34. The molecule has 0 saturated carbocycles. The topological polar surface area (TPSA) is 52.0 Å². The number of hydrogen-bond donors (Lipinski definition) is 0. The van der Waals surface area contributed by atoms with E-state index >= 15 is 0 Å². The van der Waals surface area contributed by atoms with Crippen molar-refractivity contribution in [1.29, 1.82) is 0 Å². The van der Waals surface area contributed by atoms with Crippen LogP contribution in [0.3, 0.4) is 0 Å². The first-order chi connectivity index (χ1) is 13.6. The van der Waals surface area contributed by atoms with Gasteiger partial charge in [0.05, 0.1) is 17.1 Å². The lowest BCUT2D eigenvalue weighted by Crippen LogP contribution is -2.11. The quantitative estimate of drug-likeness (QED) is 0.497. The van der Waals surface area contributed by atoms with Gasteiger partial charge in [-0.05, 0) is 5.56 Å². The second-order valence-corrected chi connectivity index (χ2v) is 8.51. The third-order valence-electron chi connectivity index (χ3n) is 4.63. The summed E-state index contributed by atoms with van der Waals surface area (Å²) in [6, 6.07) is 28.6. The molecule has 0 bridgehead atoms. The monoisotopic (exact) mass is 388 g/mol. The van der Waals surface area contributed by atoms with Crippen molar-refractivity contribution in [2.24, 2.45) is 7.05 Å². The highest BCUT2D eigenvalue weighted by Gasteiger charge is 2.26. The zero-order valence-corrected chi connectivity index (χ0v) is 16.3. The Morgan fingerprint density at radius 2 is 1.25 bits per heavy atom. The summed E-state index contributed by atoms with van der Waals surface area (Å²) in [5, 5.41) is 0.0778. The van der Waals surface area contributed by atoms with Crippen molar-refractivity contribution in [3.8, 4) is 22.5 Å². The summed E-state index contributed by atoms with van der Waals surface area (Å²) < 4.78 is 28.0. The first kappa shape index (κ1) is 18.2. The van der Waals surface area contributed by atoms with E-state index in [1.165, 1.54) is 0 Å². The molecule has 28 heavy (non-hydrogen) atoms. The van der Waals surface area contributed by atoms with E-state index in [2.05, 4.69) is 4.98 Å². The lowest BCUT2D eigenvalue weighted by atomic mass is 10.1. The Hall–Kier alpha value is -3.18. The normalized spacial score (nSPS) is 11.5. The average molecular weight is 388 g/mol. The van der Waals surface area contributed by atoms with Crippen molar-refractivity contribution < 1.29 is 8.42 Å². The van der Waals surface area contributed by atoms with Gasteiger partial charge in [0.15, 0.2) is 0 Å². The highest BCUT2D eigenvalue weighted by molar-refractivity contribution is 7.90. The molecule has 0 atom stereocenters. The molecule has 4 nitrogen and oxygen atoms in total. The van der Waals surface area contributed by atoms with Crippen molar-refractivity contribution >= 4 is 9.84 Å². The molecule has 1 heterocycles. The highest BCUT2D eigenvalue weighted by atomic mass is 32.2. The van der Waals surface area contributed by atoms with Gasteiger partial charge < -0.3 is 4.57 Å². The maximum Gasteiger partial charge on any atom is 0.228 e. The number of benzene rings is 3. The molecular weight excluding hydrogens is 368 g/mol. The Morgan fingerprint density at radius 1 is 0.750 bits per heavy atom. The van der Waals surface area contributed by atoms with Gasteiger partial charge in [-0.2, -0.15) is 0 Å². The molecule has 0 fully saturated rings. The Kier molecular flexibility index (Phi) is 4.84. The second kappa shape index (κ2) is 7.44. The molecule has 3 aromatic carbocycles. The van der Waals surface area contributed by atoms with Crippen LogP contribution in [0.15, 0.2) is 96.2 Å². The van der Waals surface area contributed by atoms with Crippen molar-refractivity contribution in [3.63, 3.8) is 0 Å². The van der Waals surface area contributed by atoms with Crippen LogP contribution in [0.25, 0.3) is 22.5 Å². The van der Waals surface area contributed by atoms with Crippen LogP contribution < -0.4 is 0 Å². The van der Waals surface area contributed by atoms with Crippen molar-refractivity contribution in [3.05, 3.63) is 96.6 Å². The van der Waals surface area contributed by atoms with Crippen LogP contribution in [0.4, 0.5) is 0 Å². The summed E-state index contributed by atoms with van der Waals surface area (Å²) in [5.74, 6) is -0.0822. The Labute approximate surface area is 165 Å². The predicted molar refractivity (Wildman–Crippen MR) is 111 cm³/mol. The molecule has 0 aliphatic carbocycles. The Balaban J connectivity index is 1.89. The second-order valence-electron chi connectivity index (χ2n) is 6.63. The fraction of sp³-hybridized carbons (Fsp3) is 0.0870. The first-order valence-corrected chi connectivity index (χ1v) is 10.7. The minimum absolute atomic E-state index is 0.0778. The van der Waals surface area contributed by atoms with Gasteiger partial charge in [0, 0.05) is 18.2 Å². The van der Waals surface area contributed by atoms with E-state index in [9.17, 15) is 8.42 Å². The Bertz CT molecular complexity index is 1180. The van der Waals surface area contributed by atoms with Crippen LogP contribution in [0, 0.1) is 0 Å². The van der Waals surface area contributed by atoms with Crippen molar-refractivity contribution in [2.45, 2.75) is 10.9 Å². The van der Waals surface area contributed by atoms with Crippen LogP contribution in [-0.2, 0) is 22.6 Å². The summed E-state index contributed by atoms with van der Waals surface area (Å²) in [7, 11) is -1.85. The van der Waals surface area contributed by atoms with E-state index in [-0.39, 0.29) is 10.9 Å².